The van der Waals surface area contributed by atoms with Crippen molar-refractivity contribution < 1.29 is 9.53 Å². The maximum absolute atomic E-state index is 11.9. The first-order chi connectivity index (χ1) is 7.81. The van der Waals surface area contributed by atoms with Gasteiger partial charge in [-0.25, -0.2) is 0 Å². The van der Waals surface area contributed by atoms with E-state index in [0.717, 1.165) is 16.3 Å². The van der Waals surface area contributed by atoms with Crippen LogP contribution in [0.5, 0.6) is 0 Å². The number of carbonyl (C=O) groups is 1. The number of amides is 1. The Morgan fingerprint density at radius 2 is 2.38 bits per heavy atom. The van der Waals surface area contributed by atoms with E-state index in [1.54, 1.807) is 7.11 Å². The van der Waals surface area contributed by atoms with Gasteiger partial charge in [-0.15, -0.1) is 11.3 Å². The van der Waals surface area contributed by atoms with Crippen LogP contribution >= 0.6 is 11.3 Å². The molecule has 0 saturated heterocycles. The minimum atomic E-state index is -0.387. The summed E-state index contributed by atoms with van der Waals surface area (Å²) in [6, 6.07) is 5.84. The van der Waals surface area contributed by atoms with Crippen molar-refractivity contribution in [3.05, 3.63) is 40.3 Å². The molecule has 0 spiro atoms. The Balaban J connectivity index is 2.25. The van der Waals surface area contributed by atoms with Crippen molar-refractivity contribution in [1.82, 2.24) is 9.88 Å². The first kappa shape index (κ1) is 9.62. The molecule has 4 nitrogen and oxygen atoms in total. The fourth-order valence-corrected chi connectivity index (χ4v) is 2.71. The topological polar surface area (TPSA) is 43.3 Å². The maximum Gasteiger partial charge on any atom is 0.265 e. The molecule has 1 atom stereocenters. The van der Waals surface area contributed by atoms with Crippen molar-refractivity contribution in [1.29, 1.82) is 0 Å². The number of carbonyl (C=O) groups excluding carboxylic acids is 1. The third kappa shape index (κ3) is 1.22. The van der Waals surface area contributed by atoms with Gasteiger partial charge < -0.3 is 14.6 Å². The highest BCUT2D eigenvalue weighted by atomic mass is 32.1. The average Bonchev–Trinajstić information content (AvgIpc) is 2.91. The lowest BCUT2D eigenvalue weighted by molar-refractivity contribution is 0.0564. The summed E-state index contributed by atoms with van der Waals surface area (Å²) in [6.07, 6.45) is 1.55. The molecular formula is C11H10N2O2S. The molecule has 2 aromatic rings. The molecule has 16 heavy (non-hydrogen) atoms. The molecule has 1 aliphatic rings. The van der Waals surface area contributed by atoms with Gasteiger partial charge in [-0.05, 0) is 23.6 Å². The smallest absolute Gasteiger partial charge is 0.265 e. The lowest BCUT2D eigenvalue weighted by atomic mass is 10.3. The van der Waals surface area contributed by atoms with E-state index >= 15 is 0 Å². The Kier molecular flexibility index (Phi) is 2.08. The Hall–Kier alpha value is -1.59. The summed E-state index contributed by atoms with van der Waals surface area (Å²) in [5.41, 5.74) is 1.86. The highest BCUT2D eigenvalue weighted by Gasteiger charge is 2.26. The third-order valence-corrected chi connectivity index (χ3v) is 3.56. The molecule has 5 heteroatoms. The standard InChI is InChI=1S/C11H10N2O2S/c1-15-11-8-3-2-5-13(8)7-4-6-16-9(7)10(14)12-11/h2-6,11H,1H3,(H,12,14). The lowest BCUT2D eigenvalue weighted by Gasteiger charge is -2.14. The molecule has 0 aliphatic carbocycles. The Morgan fingerprint density at radius 1 is 1.50 bits per heavy atom. The fourth-order valence-electron chi connectivity index (χ4n) is 1.93. The van der Waals surface area contributed by atoms with Crippen molar-refractivity contribution >= 4 is 17.2 Å². The second-order valence-electron chi connectivity index (χ2n) is 3.53. The van der Waals surface area contributed by atoms with Crippen LogP contribution in [0.3, 0.4) is 0 Å². The first-order valence-electron chi connectivity index (χ1n) is 4.90. The molecule has 82 valence electrons. The van der Waals surface area contributed by atoms with Gasteiger partial charge in [-0.3, -0.25) is 4.79 Å². The van der Waals surface area contributed by atoms with Crippen molar-refractivity contribution in [3.63, 3.8) is 0 Å². The normalized spacial score (nSPS) is 18.6. The fraction of sp³-hybridized carbons (Fsp3) is 0.182. The number of hydrogen-bond acceptors (Lipinski definition) is 3. The number of hydrogen-bond donors (Lipinski definition) is 1. The van der Waals surface area contributed by atoms with Crippen LogP contribution in [0, 0.1) is 0 Å². The van der Waals surface area contributed by atoms with E-state index in [1.165, 1.54) is 11.3 Å². The molecular weight excluding hydrogens is 224 g/mol. The van der Waals surface area contributed by atoms with Gasteiger partial charge in [-0.2, -0.15) is 0 Å². The largest absolute Gasteiger partial charge is 0.356 e. The summed E-state index contributed by atoms with van der Waals surface area (Å²) >= 11 is 1.44. The van der Waals surface area contributed by atoms with Gasteiger partial charge >= 0.3 is 0 Å². The summed E-state index contributed by atoms with van der Waals surface area (Å²) in [7, 11) is 1.59. The van der Waals surface area contributed by atoms with Gasteiger partial charge in [0.1, 0.15) is 4.88 Å². The Morgan fingerprint density at radius 3 is 3.19 bits per heavy atom. The Labute approximate surface area is 96.5 Å². The zero-order valence-corrected chi connectivity index (χ0v) is 9.45. The minimum Gasteiger partial charge on any atom is -0.356 e. The molecule has 0 bridgehead atoms. The molecule has 0 saturated carbocycles. The summed E-state index contributed by atoms with van der Waals surface area (Å²) in [4.78, 5) is 12.6. The number of rotatable bonds is 1. The van der Waals surface area contributed by atoms with Gasteiger partial charge in [0.15, 0.2) is 6.23 Å². The van der Waals surface area contributed by atoms with E-state index in [2.05, 4.69) is 5.32 Å². The molecule has 1 N–H and O–H groups in total. The van der Waals surface area contributed by atoms with Crippen LogP contribution in [0.4, 0.5) is 0 Å². The molecule has 3 heterocycles. The predicted molar refractivity (Wildman–Crippen MR) is 60.9 cm³/mol. The number of fused-ring (bicyclic) bond motifs is 3. The number of thiophene rings is 1. The van der Waals surface area contributed by atoms with Gasteiger partial charge in [0.05, 0.1) is 11.4 Å². The summed E-state index contributed by atoms with van der Waals surface area (Å²) in [5, 5.41) is 4.76. The van der Waals surface area contributed by atoms with Crippen LogP contribution in [0.25, 0.3) is 5.69 Å². The molecule has 1 unspecified atom stereocenters. The van der Waals surface area contributed by atoms with Crippen LogP contribution < -0.4 is 5.32 Å². The number of nitrogens with zero attached hydrogens (tertiary/aromatic N) is 1. The number of nitrogens with one attached hydrogen (secondary N) is 1. The summed E-state index contributed by atoms with van der Waals surface area (Å²) in [6.45, 7) is 0. The zero-order valence-electron chi connectivity index (χ0n) is 8.64. The van der Waals surface area contributed by atoms with E-state index < -0.39 is 0 Å². The van der Waals surface area contributed by atoms with Gasteiger partial charge in [-0.1, -0.05) is 0 Å². The zero-order chi connectivity index (χ0) is 11.1. The number of ether oxygens (including phenoxy) is 1. The van der Waals surface area contributed by atoms with Crippen LogP contribution in [-0.2, 0) is 4.74 Å². The highest BCUT2D eigenvalue weighted by Crippen LogP contribution is 2.29. The SMILES string of the molecule is COC1NC(=O)c2sccc2-n2cccc21. The first-order valence-corrected chi connectivity index (χ1v) is 5.78. The van der Waals surface area contributed by atoms with E-state index in [1.807, 2.05) is 34.3 Å². The Bertz CT molecular complexity index is 544. The maximum atomic E-state index is 11.9. The molecule has 1 amide bonds. The second-order valence-corrected chi connectivity index (χ2v) is 4.44. The average molecular weight is 234 g/mol. The molecule has 2 aromatic heterocycles. The monoisotopic (exact) mass is 234 g/mol. The van der Waals surface area contributed by atoms with Gasteiger partial charge in [0.25, 0.3) is 5.91 Å². The summed E-state index contributed by atoms with van der Waals surface area (Å²) in [5.74, 6) is -0.0828. The highest BCUT2D eigenvalue weighted by molar-refractivity contribution is 7.12. The molecule has 0 aromatic carbocycles. The van der Waals surface area contributed by atoms with Crippen molar-refractivity contribution in [2.75, 3.05) is 7.11 Å². The molecule has 3 rings (SSSR count). The van der Waals surface area contributed by atoms with E-state index in [0.29, 0.717) is 0 Å². The van der Waals surface area contributed by atoms with Crippen molar-refractivity contribution in [2.24, 2.45) is 0 Å². The van der Waals surface area contributed by atoms with Gasteiger partial charge in [0.2, 0.25) is 0 Å². The second kappa shape index (κ2) is 3.47. The minimum absolute atomic E-state index is 0.0828. The van der Waals surface area contributed by atoms with Crippen LogP contribution in [0.2, 0.25) is 0 Å². The lowest BCUT2D eigenvalue weighted by Crippen LogP contribution is -2.27. The van der Waals surface area contributed by atoms with E-state index in [9.17, 15) is 4.79 Å². The number of methoxy groups -OCH3 is 1. The van der Waals surface area contributed by atoms with Crippen molar-refractivity contribution in [2.45, 2.75) is 6.23 Å². The molecule has 0 fully saturated rings. The molecule has 0 radical (unpaired) electrons. The van der Waals surface area contributed by atoms with Gasteiger partial charge in [0, 0.05) is 13.3 Å². The third-order valence-electron chi connectivity index (χ3n) is 2.66. The van der Waals surface area contributed by atoms with Crippen LogP contribution in [0.1, 0.15) is 21.6 Å². The van der Waals surface area contributed by atoms with Crippen LogP contribution in [0.15, 0.2) is 29.8 Å². The molecule has 1 aliphatic heterocycles. The van der Waals surface area contributed by atoms with Crippen LogP contribution in [-0.4, -0.2) is 17.6 Å². The predicted octanol–water partition coefficient (Wildman–Crippen LogP) is 1.93. The van der Waals surface area contributed by atoms with E-state index in [-0.39, 0.29) is 12.1 Å². The number of aromatic nitrogens is 1. The van der Waals surface area contributed by atoms with E-state index in [4.69, 9.17) is 4.74 Å². The summed E-state index contributed by atoms with van der Waals surface area (Å²) < 4.78 is 7.26. The van der Waals surface area contributed by atoms with Crippen molar-refractivity contribution in [3.8, 4) is 5.69 Å². The quantitative estimate of drug-likeness (QED) is 0.819.